The third kappa shape index (κ3) is 5.60. The van der Waals surface area contributed by atoms with Crippen LogP contribution in [0.4, 0.5) is 23.2 Å². The van der Waals surface area contributed by atoms with E-state index in [-0.39, 0.29) is 23.4 Å². The summed E-state index contributed by atoms with van der Waals surface area (Å²) in [4.78, 5) is 11.0. The van der Waals surface area contributed by atoms with E-state index in [1.807, 2.05) is 0 Å². The number of aldehydes is 1. The van der Waals surface area contributed by atoms with Gasteiger partial charge in [0, 0.05) is 5.92 Å². The van der Waals surface area contributed by atoms with Crippen molar-refractivity contribution in [3.8, 4) is 11.1 Å². The van der Waals surface area contributed by atoms with Crippen LogP contribution in [0.1, 0.15) is 29.5 Å². The van der Waals surface area contributed by atoms with E-state index in [0.29, 0.717) is 17.4 Å². The van der Waals surface area contributed by atoms with E-state index in [1.54, 1.807) is 37.3 Å². The highest BCUT2D eigenvalue weighted by molar-refractivity contribution is 7.92. The number of rotatable bonds is 7. The molecule has 4 nitrogen and oxygen atoms in total. The number of halogens is 4. The minimum absolute atomic E-state index is 0.186. The lowest BCUT2D eigenvalue weighted by atomic mass is 9.96. The standard InChI is InChI=1S/C24H21F4NO3S/c1-16(15-30)18-9-11-23(22(25)12-18)29(33(2,31)32)14-19-8-10-20(24(26,27)28)13-21(19)17-6-4-3-5-7-17/h3-13,15-16H,14H2,1-2H3. The molecule has 0 bridgehead atoms. The van der Waals surface area contributed by atoms with Gasteiger partial charge in [-0.3, -0.25) is 4.31 Å². The van der Waals surface area contributed by atoms with Crippen LogP contribution < -0.4 is 4.31 Å². The largest absolute Gasteiger partial charge is 0.416 e. The van der Waals surface area contributed by atoms with Crippen LogP contribution in [0.2, 0.25) is 0 Å². The highest BCUT2D eigenvalue weighted by Crippen LogP contribution is 2.36. The van der Waals surface area contributed by atoms with Crippen molar-refractivity contribution in [2.24, 2.45) is 0 Å². The van der Waals surface area contributed by atoms with E-state index in [0.717, 1.165) is 28.8 Å². The Morgan fingerprint density at radius 2 is 1.67 bits per heavy atom. The molecule has 0 amide bonds. The zero-order valence-electron chi connectivity index (χ0n) is 17.8. The molecule has 0 radical (unpaired) electrons. The molecule has 1 unspecified atom stereocenters. The van der Waals surface area contributed by atoms with Crippen molar-refractivity contribution in [2.75, 3.05) is 10.6 Å². The quantitative estimate of drug-likeness (QED) is 0.319. The molecule has 1 atom stereocenters. The third-order valence-corrected chi connectivity index (χ3v) is 6.33. The fraction of sp³-hybridized carbons (Fsp3) is 0.208. The zero-order valence-corrected chi connectivity index (χ0v) is 18.6. The number of hydrogen-bond donors (Lipinski definition) is 0. The third-order valence-electron chi connectivity index (χ3n) is 5.21. The summed E-state index contributed by atoms with van der Waals surface area (Å²) in [6.07, 6.45) is -3.06. The molecule has 0 aliphatic carbocycles. The summed E-state index contributed by atoms with van der Waals surface area (Å²) < 4.78 is 80.8. The highest BCUT2D eigenvalue weighted by atomic mass is 32.2. The molecule has 0 aromatic heterocycles. The minimum atomic E-state index is -4.59. The second-order valence-electron chi connectivity index (χ2n) is 7.64. The van der Waals surface area contributed by atoms with Gasteiger partial charge in [0.05, 0.1) is 24.1 Å². The van der Waals surface area contributed by atoms with Crippen LogP contribution in [0.5, 0.6) is 0 Å². The summed E-state index contributed by atoms with van der Waals surface area (Å²) >= 11 is 0. The molecule has 3 rings (SSSR count). The topological polar surface area (TPSA) is 54.5 Å². The van der Waals surface area contributed by atoms with Crippen molar-refractivity contribution in [1.29, 1.82) is 0 Å². The predicted octanol–water partition coefficient (Wildman–Crippen LogP) is 5.78. The van der Waals surface area contributed by atoms with E-state index in [4.69, 9.17) is 0 Å². The van der Waals surface area contributed by atoms with Crippen LogP contribution in [0.3, 0.4) is 0 Å². The van der Waals surface area contributed by atoms with Gasteiger partial charge in [-0.15, -0.1) is 0 Å². The molecule has 0 heterocycles. The summed E-state index contributed by atoms with van der Waals surface area (Å²) in [5.41, 5.74) is 0.143. The molecule has 0 spiro atoms. The van der Waals surface area contributed by atoms with Gasteiger partial charge in [0.2, 0.25) is 10.0 Å². The lowest BCUT2D eigenvalue weighted by molar-refractivity contribution is -0.137. The van der Waals surface area contributed by atoms with Gasteiger partial charge in [-0.2, -0.15) is 13.2 Å². The summed E-state index contributed by atoms with van der Waals surface area (Å²) in [6.45, 7) is 1.19. The van der Waals surface area contributed by atoms with Crippen molar-refractivity contribution in [3.05, 3.63) is 89.2 Å². The normalized spacial score (nSPS) is 12.9. The Kier molecular flexibility index (Phi) is 6.92. The summed E-state index contributed by atoms with van der Waals surface area (Å²) in [7, 11) is -4.01. The molecule has 0 aliphatic heterocycles. The van der Waals surface area contributed by atoms with E-state index >= 15 is 0 Å². The van der Waals surface area contributed by atoms with E-state index in [2.05, 4.69) is 0 Å². The van der Waals surface area contributed by atoms with Crippen LogP contribution in [-0.4, -0.2) is 21.0 Å². The Morgan fingerprint density at radius 1 is 1.00 bits per heavy atom. The van der Waals surface area contributed by atoms with Gasteiger partial charge in [0.25, 0.3) is 0 Å². The number of sulfonamides is 1. The maximum Gasteiger partial charge on any atom is 0.416 e. The molecule has 33 heavy (non-hydrogen) atoms. The fourth-order valence-electron chi connectivity index (χ4n) is 3.40. The highest BCUT2D eigenvalue weighted by Gasteiger charge is 2.32. The predicted molar refractivity (Wildman–Crippen MR) is 119 cm³/mol. The zero-order chi connectivity index (χ0) is 24.4. The molecule has 0 aliphatic rings. The van der Waals surface area contributed by atoms with Crippen molar-refractivity contribution >= 4 is 22.0 Å². The van der Waals surface area contributed by atoms with Crippen LogP contribution in [0.25, 0.3) is 11.1 Å². The molecule has 3 aromatic rings. The average molecular weight is 479 g/mol. The van der Waals surface area contributed by atoms with E-state index in [9.17, 15) is 30.8 Å². The number of nitrogens with zero attached hydrogens (tertiary/aromatic N) is 1. The maximum absolute atomic E-state index is 14.9. The summed E-state index contributed by atoms with van der Waals surface area (Å²) in [5, 5.41) is 0. The minimum Gasteiger partial charge on any atom is -0.303 e. The SMILES string of the molecule is CC(C=O)c1ccc(N(Cc2ccc(C(F)(F)F)cc2-c2ccccc2)S(C)(=O)=O)c(F)c1. The Morgan fingerprint density at radius 3 is 2.21 bits per heavy atom. The number of alkyl halides is 3. The average Bonchev–Trinajstić information content (AvgIpc) is 2.76. The van der Waals surface area contributed by atoms with Gasteiger partial charge in [0.1, 0.15) is 12.1 Å². The van der Waals surface area contributed by atoms with E-state index < -0.39 is 33.5 Å². The number of hydrogen-bond acceptors (Lipinski definition) is 3. The van der Waals surface area contributed by atoms with Gasteiger partial charge in [0.15, 0.2) is 0 Å². The van der Waals surface area contributed by atoms with Gasteiger partial charge in [-0.1, -0.05) is 49.4 Å². The lowest BCUT2D eigenvalue weighted by Gasteiger charge is -2.25. The lowest BCUT2D eigenvalue weighted by Crippen LogP contribution is -2.30. The monoisotopic (exact) mass is 479 g/mol. The Bertz CT molecular complexity index is 1260. The van der Waals surface area contributed by atoms with Crippen molar-refractivity contribution in [3.63, 3.8) is 0 Å². The molecule has 0 saturated carbocycles. The van der Waals surface area contributed by atoms with Crippen molar-refractivity contribution in [1.82, 2.24) is 0 Å². The number of carbonyl (C=O) groups is 1. The molecular weight excluding hydrogens is 458 g/mol. The van der Waals surface area contributed by atoms with Gasteiger partial charge in [-0.05, 0) is 46.5 Å². The van der Waals surface area contributed by atoms with Crippen LogP contribution in [0, 0.1) is 5.82 Å². The number of carbonyl (C=O) groups excluding carboxylic acids is 1. The molecule has 174 valence electrons. The molecule has 3 aromatic carbocycles. The second kappa shape index (κ2) is 9.35. The smallest absolute Gasteiger partial charge is 0.303 e. The molecule has 9 heteroatoms. The van der Waals surface area contributed by atoms with E-state index in [1.165, 1.54) is 18.2 Å². The second-order valence-corrected chi connectivity index (χ2v) is 9.55. The Balaban J connectivity index is 2.13. The first-order valence-electron chi connectivity index (χ1n) is 9.90. The van der Waals surface area contributed by atoms with Crippen molar-refractivity contribution < 1.29 is 30.8 Å². The van der Waals surface area contributed by atoms with Gasteiger partial charge in [-0.25, -0.2) is 12.8 Å². The molecule has 0 N–H and O–H groups in total. The van der Waals surface area contributed by atoms with Gasteiger partial charge >= 0.3 is 6.18 Å². The number of anilines is 1. The summed E-state index contributed by atoms with van der Waals surface area (Å²) in [6, 6.07) is 15.0. The summed E-state index contributed by atoms with van der Waals surface area (Å²) in [5.74, 6) is -1.44. The Labute approximate surface area is 189 Å². The maximum atomic E-state index is 14.9. The number of benzene rings is 3. The Hall–Kier alpha value is -3.20. The first kappa shape index (κ1) is 24.4. The first-order chi connectivity index (χ1) is 15.4. The molecular formula is C24H21F4NO3S. The van der Waals surface area contributed by atoms with Crippen molar-refractivity contribution in [2.45, 2.75) is 25.6 Å². The van der Waals surface area contributed by atoms with Crippen LogP contribution in [-0.2, 0) is 27.5 Å². The fourth-order valence-corrected chi connectivity index (χ4v) is 4.28. The molecule has 0 fully saturated rings. The van der Waals surface area contributed by atoms with Gasteiger partial charge < -0.3 is 4.79 Å². The molecule has 0 saturated heterocycles. The first-order valence-corrected chi connectivity index (χ1v) is 11.7. The van der Waals surface area contributed by atoms with Crippen LogP contribution in [0.15, 0.2) is 66.7 Å². The van der Waals surface area contributed by atoms with Crippen LogP contribution >= 0.6 is 0 Å².